The van der Waals surface area contributed by atoms with E-state index in [1.165, 1.54) is 55.2 Å². The summed E-state index contributed by atoms with van der Waals surface area (Å²) < 4.78 is 43.0. The SMILES string of the molecule is CCCCCc1ccc2cc(-c3cc(F)c(-c4cccc(F)c4)c(F)c3)ccc2c1. The first kappa shape index (κ1) is 20.2. The molecule has 0 N–H and O–H groups in total. The van der Waals surface area contributed by atoms with E-state index in [2.05, 4.69) is 25.1 Å². The molecule has 3 heteroatoms. The van der Waals surface area contributed by atoms with Gasteiger partial charge in [0.15, 0.2) is 0 Å². The smallest absolute Gasteiger partial charge is 0.134 e. The van der Waals surface area contributed by atoms with Gasteiger partial charge in [-0.25, -0.2) is 13.2 Å². The van der Waals surface area contributed by atoms with Crippen LogP contribution in [0.3, 0.4) is 0 Å². The van der Waals surface area contributed by atoms with Crippen LogP contribution in [0.2, 0.25) is 0 Å². The molecule has 4 aromatic rings. The van der Waals surface area contributed by atoms with Gasteiger partial charge in [-0.05, 0) is 76.2 Å². The molecule has 152 valence electrons. The third kappa shape index (κ3) is 4.25. The average Bonchev–Trinajstić information content (AvgIpc) is 2.73. The van der Waals surface area contributed by atoms with E-state index in [-0.39, 0.29) is 11.1 Å². The highest BCUT2D eigenvalue weighted by Crippen LogP contribution is 2.32. The largest absolute Gasteiger partial charge is 0.207 e. The van der Waals surface area contributed by atoms with Crippen molar-refractivity contribution in [3.63, 3.8) is 0 Å². The normalized spacial score (nSPS) is 11.2. The highest BCUT2D eigenvalue weighted by molar-refractivity contribution is 5.88. The van der Waals surface area contributed by atoms with E-state index in [4.69, 9.17) is 0 Å². The number of halogens is 3. The number of fused-ring (bicyclic) bond motifs is 1. The van der Waals surface area contributed by atoms with Gasteiger partial charge in [-0.2, -0.15) is 0 Å². The maximum Gasteiger partial charge on any atom is 0.134 e. The minimum atomic E-state index is -0.707. The van der Waals surface area contributed by atoms with E-state index in [0.717, 1.165) is 28.8 Å². The summed E-state index contributed by atoms with van der Waals surface area (Å²) in [7, 11) is 0. The lowest BCUT2D eigenvalue weighted by Crippen LogP contribution is -1.93. The summed E-state index contributed by atoms with van der Waals surface area (Å²) in [5.74, 6) is -1.94. The molecular formula is C27H23F3. The minimum Gasteiger partial charge on any atom is -0.207 e. The summed E-state index contributed by atoms with van der Waals surface area (Å²) >= 11 is 0. The third-order valence-corrected chi connectivity index (χ3v) is 5.46. The molecule has 0 aliphatic heterocycles. The molecule has 0 saturated carbocycles. The Morgan fingerprint density at radius 1 is 0.633 bits per heavy atom. The number of aryl methyl sites for hydroxylation is 1. The zero-order chi connectivity index (χ0) is 21.1. The number of hydrogen-bond acceptors (Lipinski definition) is 0. The Bertz CT molecular complexity index is 1170. The Morgan fingerprint density at radius 3 is 2.10 bits per heavy atom. The predicted octanol–water partition coefficient (Wildman–Crippen LogP) is 8.32. The molecule has 4 aromatic carbocycles. The molecule has 0 aliphatic rings. The molecule has 4 rings (SSSR count). The molecule has 0 fully saturated rings. The van der Waals surface area contributed by atoms with Crippen LogP contribution in [0.25, 0.3) is 33.0 Å². The van der Waals surface area contributed by atoms with Crippen LogP contribution in [0, 0.1) is 17.5 Å². The first-order valence-corrected chi connectivity index (χ1v) is 10.3. The Morgan fingerprint density at radius 2 is 1.37 bits per heavy atom. The molecule has 0 radical (unpaired) electrons. The van der Waals surface area contributed by atoms with Crippen molar-refractivity contribution in [1.82, 2.24) is 0 Å². The average molecular weight is 404 g/mol. The maximum absolute atomic E-state index is 14.8. The first-order valence-electron chi connectivity index (χ1n) is 10.3. The maximum atomic E-state index is 14.8. The molecule has 0 spiro atoms. The zero-order valence-corrected chi connectivity index (χ0v) is 16.9. The molecule has 0 amide bonds. The van der Waals surface area contributed by atoms with Gasteiger partial charge < -0.3 is 0 Å². The number of benzene rings is 4. The molecule has 0 aliphatic carbocycles. The fourth-order valence-corrected chi connectivity index (χ4v) is 3.87. The van der Waals surface area contributed by atoms with Gasteiger partial charge >= 0.3 is 0 Å². The van der Waals surface area contributed by atoms with Gasteiger partial charge in [0.2, 0.25) is 0 Å². The second-order valence-electron chi connectivity index (χ2n) is 7.68. The van der Waals surface area contributed by atoms with Crippen LogP contribution in [-0.2, 0) is 6.42 Å². The third-order valence-electron chi connectivity index (χ3n) is 5.46. The predicted molar refractivity (Wildman–Crippen MR) is 118 cm³/mol. The molecule has 0 bridgehead atoms. The summed E-state index contributed by atoms with van der Waals surface area (Å²) in [6.07, 6.45) is 4.65. The van der Waals surface area contributed by atoms with Gasteiger partial charge in [0.25, 0.3) is 0 Å². The Kier molecular flexibility index (Phi) is 5.89. The van der Waals surface area contributed by atoms with Gasteiger partial charge in [-0.1, -0.05) is 62.2 Å². The van der Waals surface area contributed by atoms with Gasteiger partial charge in [-0.15, -0.1) is 0 Å². The van der Waals surface area contributed by atoms with Gasteiger partial charge in [0, 0.05) is 0 Å². The Hall–Kier alpha value is -3.07. The fourth-order valence-electron chi connectivity index (χ4n) is 3.87. The van der Waals surface area contributed by atoms with Crippen LogP contribution in [0.15, 0.2) is 72.8 Å². The first-order chi connectivity index (χ1) is 14.5. The lowest BCUT2D eigenvalue weighted by atomic mass is 9.96. The van der Waals surface area contributed by atoms with Crippen LogP contribution in [0.4, 0.5) is 13.2 Å². The van der Waals surface area contributed by atoms with E-state index in [9.17, 15) is 13.2 Å². The summed E-state index contributed by atoms with van der Waals surface area (Å²) in [6.45, 7) is 2.19. The van der Waals surface area contributed by atoms with Gasteiger partial charge in [-0.3, -0.25) is 0 Å². The lowest BCUT2D eigenvalue weighted by Gasteiger charge is -2.10. The summed E-state index contributed by atoms with van der Waals surface area (Å²) in [6, 6.07) is 20.1. The van der Waals surface area contributed by atoms with Crippen molar-refractivity contribution >= 4 is 10.8 Å². The molecule has 0 nitrogen and oxygen atoms in total. The van der Waals surface area contributed by atoms with Crippen LogP contribution < -0.4 is 0 Å². The van der Waals surface area contributed by atoms with E-state index in [0.29, 0.717) is 5.56 Å². The van der Waals surface area contributed by atoms with Crippen molar-refractivity contribution < 1.29 is 13.2 Å². The van der Waals surface area contributed by atoms with E-state index in [1.54, 1.807) is 0 Å². The standard InChI is InChI=1S/C27H23F3/c1-2-3-4-6-18-9-10-20-14-21(12-11-19(20)13-18)23-16-25(29)27(26(30)17-23)22-7-5-8-24(28)15-22/h5,7-17H,2-4,6H2,1H3. The van der Waals surface area contributed by atoms with Crippen molar-refractivity contribution in [3.8, 4) is 22.3 Å². The van der Waals surface area contributed by atoms with Crippen LogP contribution in [-0.4, -0.2) is 0 Å². The van der Waals surface area contributed by atoms with Crippen molar-refractivity contribution in [3.05, 3.63) is 95.8 Å². The number of hydrogen-bond donors (Lipinski definition) is 0. The van der Waals surface area contributed by atoms with Crippen molar-refractivity contribution in [1.29, 1.82) is 0 Å². The quantitative estimate of drug-likeness (QED) is 0.283. The number of unbranched alkanes of at least 4 members (excludes halogenated alkanes) is 2. The second kappa shape index (κ2) is 8.74. The highest BCUT2D eigenvalue weighted by Gasteiger charge is 2.15. The van der Waals surface area contributed by atoms with Gasteiger partial charge in [0.05, 0.1) is 5.56 Å². The van der Waals surface area contributed by atoms with Crippen LogP contribution in [0.5, 0.6) is 0 Å². The van der Waals surface area contributed by atoms with E-state index < -0.39 is 17.5 Å². The zero-order valence-electron chi connectivity index (χ0n) is 16.9. The van der Waals surface area contributed by atoms with E-state index >= 15 is 0 Å². The van der Waals surface area contributed by atoms with E-state index in [1.807, 2.05) is 18.2 Å². The monoisotopic (exact) mass is 404 g/mol. The van der Waals surface area contributed by atoms with Crippen molar-refractivity contribution in [2.45, 2.75) is 32.6 Å². The molecule has 0 atom stereocenters. The topological polar surface area (TPSA) is 0 Å². The summed E-state index contributed by atoms with van der Waals surface area (Å²) in [4.78, 5) is 0. The van der Waals surface area contributed by atoms with Crippen molar-refractivity contribution in [2.24, 2.45) is 0 Å². The minimum absolute atomic E-state index is 0.186. The van der Waals surface area contributed by atoms with Gasteiger partial charge in [0.1, 0.15) is 17.5 Å². The fraction of sp³-hybridized carbons (Fsp3) is 0.185. The highest BCUT2D eigenvalue weighted by atomic mass is 19.1. The molecule has 0 heterocycles. The van der Waals surface area contributed by atoms with Crippen LogP contribution >= 0.6 is 0 Å². The molecule has 0 aromatic heterocycles. The number of rotatable bonds is 6. The van der Waals surface area contributed by atoms with Crippen LogP contribution in [0.1, 0.15) is 31.7 Å². The molecule has 0 unspecified atom stereocenters. The Balaban J connectivity index is 1.67. The molecule has 30 heavy (non-hydrogen) atoms. The summed E-state index contributed by atoms with van der Waals surface area (Å²) in [5, 5.41) is 2.15. The second-order valence-corrected chi connectivity index (χ2v) is 7.68. The molecule has 0 saturated heterocycles. The Labute approximate surface area is 175 Å². The van der Waals surface area contributed by atoms with Crippen molar-refractivity contribution in [2.75, 3.05) is 0 Å². The summed E-state index contributed by atoms with van der Waals surface area (Å²) in [5.41, 5.74) is 2.48. The lowest BCUT2D eigenvalue weighted by molar-refractivity contribution is 0.589. The molecular weight excluding hydrogens is 381 g/mol.